The number of hydrogen-bond donors (Lipinski definition) is 0. The fourth-order valence-electron chi connectivity index (χ4n) is 1.15. The van der Waals surface area contributed by atoms with Gasteiger partial charge in [0.25, 0.3) is 0 Å². The topological polar surface area (TPSA) is 45.9 Å². The zero-order valence-electron chi connectivity index (χ0n) is 8.15. The van der Waals surface area contributed by atoms with Crippen LogP contribution in [0.25, 0.3) is 0 Å². The molecule has 0 saturated carbocycles. The van der Waals surface area contributed by atoms with E-state index >= 15 is 0 Å². The second-order valence-corrected chi connectivity index (χ2v) is 2.98. The Kier molecular flexibility index (Phi) is 5.38. The fraction of sp³-hybridized carbons (Fsp3) is 0.455. The first kappa shape index (κ1) is 10.7. The molecule has 3 heteroatoms. The molecule has 1 aromatic heterocycles. The Labute approximate surface area is 84.3 Å². The molecule has 0 bridgehead atoms. The molecule has 0 aliphatic rings. The van der Waals surface area contributed by atoms with E-state index in [-0.39, 0.29) is 0 Å². The Balaban J connectivity index is 2.03. The van der Waals surface area contributed by atoms with Crippen molar-refractivity contribution in [1.29, 1.82) is 5.26 Å². The first-order chi connectivity index (χ1) is 6.93. The zero-order valence-corrected chi connectivity index (χ0v) is 8.15. The van der Waals surface area contributed by atoms with Gasteiger partial charge in [0, 0.05) is 19.0 Å². The Hall–Kier alpha value is -1.40. The molecule has 0 aliphatic heterocycles. The van der Waals surface area contributed by atoms with Crippen LogP contribution in [0.1, 0.15) is 18.4 Å². The number of nitriles is 1. The van der Waals surface area contributed by atoms with Gasteiger partial charge in [-0.2, -0.15) is 5.26 Å². The Morgan fingerprint density at radius 2 is 2.07 bits per heavy atom. The van der Waals surface area contributed by atoms with Crippen LogP contribution >= 0.6 is 0 Å². The summed E-state index contributed by atoms with van der Waals surface area (Å²) in [7, 11) is 0. The molecule has 0 amide bonds. The summed E-state index contributed by atoms with van der Waals surface area (Å²) in [6.07, 6.45) is 6.08. The molecule has 14 heavy (non-hydrogen) atoms. The number of nitrogens with zero attached hydrogens (tertiary/aromatic N) is 2. The normalized spacial score (nSPS) is 9.64. The molecule has 1 heterocycles. The highest BCUT2D eigenvalue weighted by atomic mass is 16.5. The van der Waals surface area contributed by atoms with Gasteiger partial charge in [-0.3, -0.25) is 4.98 Å². The molecular weight excluding hydrogens is 176 g/mol. The van der Waals surface area contributed by atoms with Crippen LogP contribution in [0, 0.1) is 11.3 Å². The minimum atomic E-state index is 0.481. The van der Waals surface area contributed by atoms with Gasteiger partial charge in [0.05, 0.1) is 19.1 Å². The van der Waals surface area contributed by atoms with Crippen molar-refractivity contribution >= 4 is 0 Å². The lowest BCUT2D eigenvalue weighted by Gasteiger charge is -2.01. The first-order valence-corrected chi connectivity index (χ1v) is 4.77. The van der Waals surface area contributed by atoms with Gasteiger partial charge >= 0.3 is 0 Å². The molecule has 3 nitrogen and oxygen atoms in total. The lowest BCUT2D eigenvalue weighted by atomic mass is 10.1. The lowest BCUT2D eigenvalue weighted by Crippen LogP contribution is -1.98. The molecular formula is C11H14N2O. The monoisotopic (exact) mass is 190 g/mol. The molecule has 0 N–H and O–H groups in total. The van der Waals surface area contributed by atoms with E-state index in [9.17, 15) is 0 Å². The summed E-state index contributed by atoms with van der Waals surface area (Å²) < 4.78 is 5.26. The Morgan fingerprint density at radius 3 is 2.79 bits per heavy atom. The van der Waals surface area contributed by atoms with Crippen LogP contribution in [0.2, 0.25) is 0 Å². The smallest absolute Gasteiger partial charge is 0.0645 e. The third-order valence-corrected chi connectivity index (χ3v) is 1.86. The third kappa shape index (κ3) is 4.58. The number of ether oxygens (including phenoxy) is 1. The molecule has 0 aromatic carbocycles. The lowest BCUT2D eigenvalue weighted by molar-refractivity contribution is 0.137. The highest BCUT2D eigenvalue weighted by Gasteiger charge is 1.92. The van der Waals surface area contributed by atoms with Crippen molar-refractivity contribution in [2.45, 2.75) is 19.3 Å². The zero-order chi connectivity index (χ0) is 10.1. The van der Waals surface area contributed by atoms with Gasteiger partial charge in [-0.25, -0.2) is 0 Å². The van der Waals surface area contributed by atoms with E-state index in [2.05, 4.69) is 4.98 Å². The number of pyridine rings is 1. The second-order valence-electron chi connectivity index (χ2n) is 2.98. The van der Waals surface area contributed by atoms with E-state index in [4.69, 9.17) is 10.00 Å². The van der Waals surface area contributed by atoms with Crippen LogP contribution < -0.4 is 0 Å². The summed E-state index contributed by atoms with van der Waals surface area (Å²) >= 11 is 0. The number of rotatable bonds is 6. The Morgan fingerprint density at radius 1 is 1.29 bits per heavy atom. The molecule has 0 atom stereocenters. The molecule has 0 unspecified atom stereocenters. The molecule has 0 spiro atoms. The third-order valence-electron chi connectivity index (χ3n) is 1.86. The number of aryl methyl sites for hydroxylation is 1. The molecule has 74 valence electrons. The van der Waals surface area contributed by atoms with E-state index in [1.165, 1.54) is 5.56 Å². The van der Waals surface area contributed by atoms with Crippen LogP contribution in [0.4, 0.5) is 0 Å². The standard InChI is InChI=1S/C11H14N2O/c12-6-2-10-14-9-1-3-11-4-7-13-8-5-11/h4-5,7-8H,1-3,9-10H2. The van der Waals surface area contributed by atoms with Crippen LogP contribution in [0.3, 0.4) is 0 Å². The SMILES string of the molecule is N#CCCOCCCc1ccncc1. The molecule has 1 rings (SSSR count). The van der Waals surface area contributed by atoms with Gasteiger partial charge in [0.1, 0.15) is 0 Å². The molecule has 0 fully saturated rings. The van der Waals surface area contributed by atoms with Crippen molar-refractivity contribution in [3.63, 3.8) is 0 Å². The van der Waals surface area contributed by atoms with E-state index in [1.807, 2.05) is 18.2 Å². The van der Waals surface area contributed by atoms with Gasteiger partial charge in [-0.05, 0) is 30.5 Å². The van der Waals surface area contributed by atoms with Crippen LogP contribution in [-0.2, 0) is 11.2 Å². The average molecular weight is 190 g/mol. The summed E-state index contributed by atoms with van der Waals surface area (Å²) in [6.45, 7) is 1.27. The number of hydrogen-bond acceptors (Lipinski definition) is 3. The van der Waals surface area contributed by atoms with Crippen molar-refractivity contribution in [2.24, 2.45) is 0 Å². The van der Waals surface area contributed by atoms with E-state index in [0.29, 0.717) is 13.0 Å². The van der Waals surface area contributed by atoms with Gasteiger partial charge in [0.2, 0.25) is 0 Å². The molecule has 1 aromatic rings. The predicted molar refractivity (Wildman–Crippen MR) is 53.6 cm³/mol. The largest absolute Gasteiger partial charge is 0.380 e. The highest BCUT2D eigenvalue weighted by molar-refractivity contribution is 5.09. The predicted octanol–water partition coefficient (Wildman–Crippen LogP) is 1.94. The van der Waals surface area contributed by atoms with E-state index in [0.717, 1.165) is 19.4 Å². The molecule has 0 aliphatic carbocycles. The summed E-state index contributed by atoms with van der Waals surface area (Å²) in [5, 5.41) is 8.26. The van der Waals surface area contributed by atoms with E-state index in [1.54, 1.807) is 12.4 Å². The maximum atomic E-state index is 8.26. The van der Waals surface area contributed by atoms with Gasteiger partial charge < -0.3 is 4.74 Å². The minimum Gasteiger partial charge on any atom is -0.380 e. The van der Waals surface area contributed by atoms with E-state index < -0.39 is 0 Å². The maximum Gasteiger partial charge on any atom is 0.0645 e. The summed E-state index contributed by atoms with van der Waals surface area (Å²) in [5.74, 6) is 0. The van der Waals surface area contributed by atoms with Gasteiger partial charge in [-0.15, -0.1) is 0 Å². The minimum absolute atomic E-state index is 0.481. The van der Waals surface area contributed by atoms with Gasteiger partial charge in [0.15, 0.2) is 0 Å². The van der Waals surface area contributed by atoms with Crippen molar-refractivity contribution in [3.8, 4) is 6.07 Å². The van der Waals surface area contributed by atoms with Crippen LogP contribution in [0.5, 0.6) is 0 Å². The van der Waals surface area contributed by atoms with Crippen LogP contribution in [0.15, 0.2) is 24.5 Å². The van der Waals surface area contributed by atoms with Crippen LogP contribution in [-0.4, -0.2) is 18.2 Å². The van der Waals surface area contributed by atoms with Crippen molar-refractivity contribution in [3.05, 3.63) is 30.1 Å². The highest BCUT2D eigenvalue weighted by Crippen LogP contribution is 2.00. The first-order valence-electron chi connectivity index (χ1n) is 4.77. The van der Waals surface area contributed by atoms with Crippen molar-refractivity contribution in [2.75, 3.05) is 13.2 Å². The Bertz CT molecular complexity index is 279. The van der Waals surface area contributed by atoms with Gasteiger partial charge in [-0.1, -0.05) is 0 Å². The summed E-state index contributed by atoms with van der Waals surface area (Å²) in [4.78, 5) is 3.95. The summed E-state index contributed by atoms with van der Waals surface area (Å²) in [6, 6.07) is 6.06. The molecule has 0 saturated heterocycles. The van der Waals surface area contributed by atoms with Crippen molar-refractivity contribution < 1.29 is 4.74 Å². The maximum absolute atomic E-state index is 8.26. The summed E-state index contributed by atoms with van der Waals surface area (Å²) in [5.41, 5.74) is 1.28. The quantitative estimate of drug-likeness (QED) is 0.644. The molecule has 0 radical (unpaired) electrons. The average Bonchev–Trinajstić information content (AvgIpc) is 2.25. The van der Waals surface area contributed by atoms with Crippen molar-refractivity contribution in [1.82, 2.24) is 4.98 Å². The second kappa shape index (κ2) is 7.05. The number of aromatic nitrogens is 1. The fourth-order valence-corrected chi connectivity index (χ4v) is 1.15.